The second kappa shape index (κ2) is 8.87. The van der Waals surface area contributed by atoms with Crippen molar-refractivity contribution in [3.05, 3.63) is 48.5 Å². The molecule has 0 fully saturated rings. The van der Waals surface area contributed by atoms with Crippen LogP contribution in [0.2, 0.25) is 0 Å². The van der Waals surface area contributed by atoms with Crippen molar-refractivity contribution in [2.45, 2.75) is 32.2 Å². The Morgan fingerprint density at radius 3 is 2.82 bits per heavy atom. The standard InChI is InChI=1S/C17H23N3O2/c1-22-16-9-5-4-8-15(16)17(21)19-10-6-2-3-7-12-20-13-11-18-14-20/h4-5,8-9,11,13-14H,2-3,6-7,10,12H2,1H3,(H,19,21). The molecule has 0 aliphatic carbocycles. The maximum Gasteiger partial charge on any atom is 0.255 e. The number of aromatic nitrogens is 2. The summed E-state index contributed by atoms with van der Waals surface area (Å²) < 4.78 is 7.28. The summed E-state index contributed by atoms with van der Waals surface area (Å²) in [6.07, 6.45) is 10.0. The molecule has 0 radical (unpaired) electrons. The van der Waals surface area contributed by atoms with Crippen LogP contribution in [-0.2, 0) is 6.54 Å². The summed E-state index contributed by atoms with van der Waals surface area (Å²) in [6.45, 7) is 1.70. The Bertz CT molecular complexity index is 567. The predicted molar refractivity (Wildman–Crippen MR) is 86.0 cm³/mol. The van der Waals surface area contributed by atoms with Crippen molar-refractivity contribution in [2.24, 2.45) is 0 Å². The lowest BCUT2D eigenvalue weighted by Gasteiger charge is -2.09. The van der Waals surface area contributed by atoms with Crippen molar-refractivity contribution in [3.8, 4) is 5.75 Å². The van der Waals surface area contributed by atoms with E-state index in [1.807, 2.05) is 24.7 Å². The summed E-state index contributed by atoms with van der Waals surface area (Å²) >= 11 is 0. The zero-order chi connectivity index (χ0) is 15.6. The van der Waals surface area contributed by atoms with E-state index in [9.17, 15) is 4.79 Å². The van der Waals surface area contributed by atoms with Gasteiger partial charge in [-0.2, -0.15) is 0 Å². The average molecular weight is 301 g/mol. The average Bonchev–Trinajstić information content (AvgIpc) is 3.07. The number of para-hydroxylation sites is 1. The minimum atomic E-state index is -0.0733. The first-order chi connectivity index (χ1) is 10.8. The molecule has 0 unspecified atom stereocenters. The van der Waals surface area contributed by atoms with Gasteiger partial charge >= 0.3 is 0 Å². The number of methoxy groups -OCH3 is 1. The number of unbranched alkanes of at least 4 members (excludes halogenated alkanes) is 3. The van der Waals surface area contributed by atoms with E-state index in [1.165, 1.54) is 0 Å². The lowest BCUT2D eigenvalue weighted by Crippen LogP contribution is -2.24. The lowest BCUT2D eigenvalue weighted by molar-refractivity contribution is 0.0950. The van der Waals surface area contributed by atoms with Gasteiger partial charge in [0.25, 0.3) is 5.91 Å². The van der Waals surface area contributed by atoms with Crippen LogP contribution in [0.3, 0.4) is 0 Å². The Kier molecular flexibility index (Phi) is 6.48. The molecule has 1 amide bonds. The second-order valence-electron chi connectivity index (χ2n) is 5.17. The predicted octanol–water partition coefficient (Wildman–Crippen LogP) is 2.88. The smallest absolute Gasteiger partial charge is 0.255 e. The number of ether oxygens (including phenoxy) is 1. The Morgan fingerprint density at radius 2 is 2.05 bits per heavy atom. The lowest BCUT2D eigenvalue weighted by atomic mass is 10.1. The van der Waals surface area contributed by atoms with Gasteiger partial charge in [-0.15, -0.1) is 0 Å². The van der Waals surface area contributed by atoms with Crippen LogP contribution in [0.25, 0.3) is 0 Å². The van der Waals surface area contributed by atoms with E-state index >= 15 is 0 Å². The molecule has 118 valence electrons. The maximum absolute atomic E-state index is 12.1. The minimum absolute atomic E-state index is 0.0733. The number of amides is 1. The van der Waals surface area contributed by atoms with Gasteiger partial charge in [0.2, 0.25) is 0 Å². The van der Waals surface area contributed by atoms with Crippen molar-refractivity contribution in [2.75, 3.05) is 13.7 Å². The van der Waals surface area contributed by atoms with E-state index in [-0.39, 0.29) is 5.91 Å². The first-order valence-electron chi connectivity index (χ1n) is 7.68. The molecule has 22 heavy (non-hydrogen) atoms. The van der Waals surface area contributed by atoms with E-state index in [4.69, 9.17) is 4.74 Å². The molecule has 0 saturated heterocycles. The highest BCUT2D eigenvalue weighted by molar-refractivity contribution is 5.96. The summed E-state index contributed by atoms with van der Waals surface area (Å²) in [4.78, 5) is 16.1. The van der Waals surface area contributed by atoms with Gasteiger partial charge in [0, 0.05) is 25.5 Å². The highest BCUT2D eigenvalue weighted by Gasteiger charge is 2.10. The molecular weight excluding hydrogens is 278 g/mol. The first kappa shape index (κ1) is 16.1. The first-order valence-corrected chi connectivity index (χ1v) is 7.68. The minimum Gasteiger partial charge on any atom is -0.496 e. The molecule has 2 rings (SSSR count). The molecular formula is C17H23N3O2. The van der Waals surface area contributed by atoms with Gasteiger partial charge < -0.3 is 14.6 Å². The van der Waals surface area contributed by atoms with Gasteiger partial charge in [-0.1, -0.05) is 25.0 Å². The topological polar surface area (TPSA) is 56.1 Å². The van der Waals surface area contributed by atoms with Crippen LogP contribution in [0.4, 0.5) is 0 Å². The van der Waals surface area contributed by atoms with E-state index in [2.05, 4.69) is 14.9 Å². The Morgan fingerprint density at radius 1 is 1.23 bits per heavy atom. The quantitative estimate of drug-likeness (QED) is 0.725. The number of rotatable bonds is 9. The molecule has 1 aromatic carbocycles. The largest absolute Gasteiger partial charge is 0.496 e. The molecule has 0 saturated carbocycles. The fourth-order valence-corrected chi connectivity index (χ4v) is 2.32. The monoisotopic (exact) mass is 301 g/mol. The molecule has 2 aromatic rings. The molecule has 1 heterocycles. The van der Waals surface area contributed by atoms with E-state index in [0.717, 1.165) is 32.2 Å². The van der Waals surface area contributed by atoms with Crippen LogP contribution in [0.1, 0.15) is 36.0 Å². The molecule has 0 bridgehead atoms. The molecule has 1 aromatic heterocycles. The Hall–Kier alpha value is -2.30. The highest BCUT2D eigenvalue weighted by atomic mass is 16.5. The van der Waals surface area contributed by atoms with Gasteiger partial charge in [0.05, 0.1) is 19.0 Å². The molecule has 0 aliphatic heterocycles. The zero-order valence-corrected chi connectivity index (χ0v) is 13.0. The second-order valence-corrected chi connectivity index (χ2v) is 5.17. The van der Waals surface area contributed by atoms with Gasteiger partial charge in [-0.3, -0.25) is 4.79 Å². The molecule has 0 atom stereocenters. The highest BCUT2D eigenvalue weighted by Crippen LogP contribution is 2.16. The van der Waals surface area contributed by atoms with Gasteiger partial charge in [-0.05, 0) is 25.0 Å². The molecule has 5 heteroatoms. The summed E-state index contributed by atoms with van der Waals surface area (Å²) in [5.41, 5.74) is 0.588. The molecule has 1 N–H and O–H groups in total. The molecule has 0 spiro atoms. The van der Waals surface area contributed by atoms with Gasteiger partial charge in [0.15, 0.2) is 0 Å². The number of carbonyl (C=O) groups excluding carboxylic acids is 1. The van der Waals surface area contributed by atoms with Crippen LogP contribution in [-0.4, -0.2) is 29.1 Å². The van der Waals surface area contributed by atoms with Crippen molar-refractivity contribution in [1.29, 1.82) is 0 Å². The van der Waals surface area contributed by atoms with Crippen LogP contribution in [0.15, 0.2) is 43.0 Å². The summed E-state index contributed by atoms with van der Waals surface area (Å²) in [5, 5.41) is 2.94. The third kappa shape index (κ3) is 4.91. The maximum atomic E-state index is 12.1. The van der Waals surface area contributed by atoms with Crippen molar-refractivity contribution >= 4 is 5.91 Å². The summed E-state index contributed by atoms with van der Waals surface area (Å²) in [7, 11) is 1.58. The summed E-state index contributed by atoms with van der Waals surface area (Å²) in [5.74, 6) is 0.538. The van der Waals surface area contributed by atoms with Gasteiger partial charge in [0.1, 0.15) is 5.75 Å². The van der Waals surface area contributed by atoms with Crippen LogP contribution >= 0.6 is 0 Å². The zero-order valence-electron chi connectivity index (χ0n) is 13.0. The van der Waals surface area contributed by atoms with E-state index in [1.54, 1.807) is 25.4 Å². The van der Waals surface area contributed by atoms with Crippen LogP contribution in [0.5, 0.6) is 5.75 Å². The van der Waals surface area contributed by atoms with E-state index < -0.39 is 0 Å². The van der Waals surface area contributed by atoms with Crippen molar-refractivity contribution in [3.63, 3.8) is 0 Å². The summed E-state index contributed by atoms with van der Waals surface area (Å²) in [6, 6.07) is 7.27. The Labute approximate surface area is 131 Å². The van der Waals surface area contributed by atoms with Gasteiger partial charge in [-0.25, -0.2) is 4.98 Å². The van der Waals surface area contributed by atoms with Crippen LogP contribution in [0, 0.1) is 0 Å². The molecule has 5 nitrogen and oxygen atoms in total. The number of hydrogen-bond donors (Lipinski definition) is 1. The number of benzene rings is 1. The number of nitrogens with zero attached hydrogens (tertiary/aromatic N) is 2. The fourth-order valence-electron chi connectivity index (χ4n) is 2.32. The Balaban J connectivity index is 1.59. The molecule has 0 aliphatic rings. The van der Waals surface area contributed by atoms with E-state index in [0.29, 0.717) is 17.9 Å². The SMILES string of the molecule is COc1ccccc1C(=O)NCCCCCCn1ccnc1. The number of hydrogen-bond acceptors (Lipinski definition) is 3. The third-order valence-corrected chi connectivity index (χ3v) is 3.54. The third-order valence-electron chi connectivity index (χ3n) is 3.54. The van der Waals surface area contributed by atoms with Crippen molar-refractivity contribution < 1.29 is 9.53 Å². The fraction of sp³-hybridized carbons (Fsp3) is 0.412. The number of aryl methyl sites for hydroxylation is 1. The number of imidazole rings is 1. The number of carbonyl (C=O) groups is 1. The number of nitrogens with one attached hydrogen (secondary N) is 1. The van der Waals surface area contributed by atoms with Crippen molar-refractivity contribution in [1.82, 2.24) is 14.9 Å². The van der Waals surface area contributed by atoms with Crippen LogP contribution < -0.4 is 10.1 Å². The normalized spacial score (nSPS) is 10.4.